The lowest BCUT2D eigenvalue weighted by Crippen LogP contribution is -2.32. The van der Waals surface area contributed by atoms with Crippen molar-refractivity contribution in [3.63, 3.8) is 0 Å². The van der Waals surface area contributed by atoms with E-state index in [1.165, 1.54) is 23.1 Å². The number of hydrogen-bond donors (Lipinski definition) is 1. The molecule has 1 N–H and O–H groups in total. The first-order valence-corrected chi connectivity index (χ1v) is 8.85. The molecule has 0 spiro atoms. The number of nitrogens with one attached hydrogen (secondary N) is 1. The molecule has 0 bridgehead atoms. The van der Waals surface area contributed by atoms with Gasteiger partial charge in [0.15, 0.2) is 0 Å². The number of rotatable bonds is 3. The SMILES string of the molecule is O=C1c2ccccc2[C@@H](Nc2ccccc2C(F)(F)F)N1c1ccc(Cl)cc1. The lowest BCUT2D eigenvalue weighted by molar-refractivity contribution is -0.137. The summed E-state index contributed by atoms with van der Waals surface area (Å²) in [5.41, 5.74) is 0.706. The molecule has 4 rings (SSSR count). The van der Waals surface area contributed by atoms with Crippen LogP contribution in [0.5, 0.6) is 0 Å². The normalized spacial score (nSPS) is 16.2. The number of carbonyl (C=O) groups excluding carboxylic acids is 1. The van der Waals surface area contributed by atoms with Gasteiger partial charge in [0.2, 0.25) is 0 Å². The highest BCUT2D eigenvalue weighted by atomic mass is 35.5. The minimum absolute atomic E-state index is 0.0940. The van der Waals surface area contributed by atoms with Crippen molar-refractivity contribution < 1.29 is 18.0 Å². The largest absolute Gasteiger partial charge is 0.418 e. The first-order valence-electron chi connectivity index (χ1n) is 8.47. The van der Waals surface area contributed by atoms with Crippen LogP contribution in [0.1, 0.15) is 27.7 Å². The van der Waals surface area contributed by atoms with Crippen LogP contribution >= 0.6 is 11.6 Å². The summed E-state index contributed by atoms with van der Waals surface area (Å²) >= 11 is 5.94. The van der Waals surface area contributed by atoms with Crippen LogP contribution in [0.3, 0.4) is 0 Å². The molecule has 0 saturated carbocycles. The van der Waals surface area contributed by atoms with E-state index in [1.54, 1.807) is 48.5 Å². The fourth-order valence-corrected chi connectivity index (χ4v) is 3.46. The van der Waals surface area contributed by atoms with E-state index < -0.39 is 17.9 Å². The van der Waals surface area contributed by atoms with Gasteiger partial charge in [-0.1, -0.05) is 41.9 Å². The Kier molecular flexibility index (Phi) is 4.51. The fraction of sp³-hybridized carbons (Fsp3) is 0.0952. The highest BCUT2D eigenvalue weighted by Gasteiger charge is 2.39. The second-order valence-corrected chi connectivity index (χ2v) is 6.77. The number of halogens is 4. The predicted octanol–water partition coefficient (Wildman–Crippen LogP) is 6.13. The van der Waals surface area contributed by atoms with Crippen molar-refractivity contribution in [1.82, 2.24) is 0 Å². The molecular formula is C21H14ClF3N2O. The van der Waals surface area contributed by atoms with Gasteiger partial charge in [0.25, 0.3) is 5.91 Å². The third-order valence-corrected chi connectivity index (χ3v) is 4.84. The maximum absolute atomic E-state index is 13.4. The van der Waals surface area contributed by atoms with Gasteiger partial charge >= 0.3 is 6.18 Å². The average Bonchev–Trinajstić information content (AvgIpc) is 2.95. The Labute approximate surface area is 164 Å². The van der Waals surface area contributed by atoms with Gasteiger partial charge in [-0.05, 0) is 42.5 Å². The summed E-state index contributed by atoms with van der Waals surface area (Å²) in [5.74, 6) is -0.292. The third kappa shape index (κ3) is 3.20. The van der Waals surface area contributed by atoms with Gasteiger partial charge in [0, 0.05) is 27.5 Å². The molecular weight excluding hydrogens is 389 g/mol. The van der Waals surface area contributed by atoms with Crippen LogP contribution in [0.25, 0.3) is 0 Å². The first kappa shape index (κ1) is 18.4. The lowest BCUT2D eigenvalue weighted by Gasteiger charge is -2.28. The van der Waals surface area contributed by atoms with E-state index in [1.807, 2.05) is 0 Å². The van der Waals surface area contributed by atoms with Crippen LogP contribution in [0.15, 0.2) is 72.8 Å². The Morgan fingerprint density at radius 2 is 1.54 bits per heavy atom. The molecule has 1 aliphatic rings. The Bertz CT molecular complexity index is 1030. The van der Waals surface area contributed by atoms with Gasteiger partial charge in [-0.15, -0.1) is 0 Å². The summed E-state index contributed by atoms with van der Waals surface area (Å²) in [7, 11) is 0. The van der Waals surface area contributed by atoms with Crippen LogP contribution in [-0.2, 0) is 6.18 Å². The zero-order chi connectivity index (χ0) is 19.9. The second kappa shape index (κ2) is 6.87. The number of hydrogen-bond acceptors (Lipinski definition) is 2. The number of fused-ring (bicyclic) bond motifs is 1. The molecule has 28 heavy (non-hydrogen) atoms. The van der Waals surface area contributed by atoms with Crippen molar-refractivity contribution in [1.29, 1.82) is 0 Å². The number of amides is 1. The van der Waals surface area contributed by atoms with Crippen LogP contribution in [0.2, 0.25) is 5.02 Å². The molecule has 0 aromatic heterocycles. The van der Waals surface area contributed by atoms with Crippen LogP contribution in [-0.4, -0.2) is 5.91 Å². The molecule has 0 unspecified atom stereocenters. The molecule has 1 atom stereocenters. The molecule has 7 heteroatoms. The summed E-state index contributed by atoms with van der Waals surface area (Å²) in [5, 5.41) is 3.42. The smallest absolute Gasteiger partial charge is 0.361 e. The molecule has 3 nitrogen and oxygen atoms in total. The number of anilines is 2. The summed E-state index contributed by atoms with van der Waals surface area (Å²) in [6.45, 7) is 0. The molecule has 0 fully saturated rings. The van der Waals surface area contributed by atoms with Gasteiger partial charge in [0.1, 0.15) is 6.17 Å². The van der Waals surface area contributed by atoms with Gasteiger partial charge in [-0.3, -0.25) is 9.69 Å². The van der Waals surface area contributed by atoms with E-state index in [4.69, 9.17) is 11.6 Å². The van der Waals surface area contributed by atoms with Crippen molar-refractivity contribution in [3.05, 3.63) is 94.5 Å². The number of nitrogens with zero attached hydrogens (tertiary/aromatic N) is 1. The summed E-state index contributed by atoms with van der Waals surface area (Å²) in [6, 6.07) is 18.7. The highest BCUT2D eigenvalue weighted by molar-refractivity contribution is 6.30. The van der Waals surface area contributed by atoms with Crippen LogP contribution < -0.4 is 10.2 Å². The third-order valence-electron chi connectivity index (χ3n) is 4.59. The standard InChI is InChI=1S/C21H14ClF3N2O/c22-13-9-11-14(12-10-13)27-19(15-5-1-2-6-16(15)20(27)28)26-18-8-4-3-7-17(18)21(23,24)25/h1-12,19,26H/t19-/m0/s1. The van der Waals surface area contributed by atoms with Crippen molar-refractivity contribution in [2.24, 2.45) is 0 Å². The molecule has 1 amide bonds. The van der Waals surface area contributed by atoms with Crippen molar-refractivity contribution in [2.45, 2.75) is 12.3 Å². The number of benzene rings is 3. The average molecular weight is 403 g/mol. The van der Waals surface area contributed by atoms with E-state index >= 15 is 0 Å². The minimum Gasteiger partial charge on any atom is -0.361 e. The molecule has 142 valence electrons. The summed E-state index contributed by atoms with van der Waals surface area (Å²) in [4.78, 5) is 14.4. The number of carbonyl (C=O) groups is 1. The summed E-state index contributed by atoms with van der Waals surface area (Å²) in [6.07, 6.45) is -5.30. The molecule has 0 aliphatic carbocycles. The lowest BCUT2D eigenvalue weighted by atomic mass is 10.1. The molecule has 0 radical (unpaired) electrons. The second-order valence-electron chi connectivity index (χ2n) is 6.33. The van der Waals surface area contributed by atoms with E-state index in [0.717, 1.165) is 6.07 Å². The molecule has 1 aliphatic heterocycles. The Morgan fingerprint density at radius 1 is 0.893 bits per heavy atom. The van der Waals surface area contributed by atoms with Crippen molar-refractivity contribution >= 4 is 28.9 Å². The van der Waals surface area contributed by atoms with Gasteiger partial charge < -0.3 is 5.32 Å². The number of alkyl halides is 3. The maximum atomic E-state index is 13.4. The van der Waals surface area contributed by atoms with Crippen molar-refractivity contribution in [3.8, 4) is 0 Å². The predicted molar refractivity (Wildman–Crippen MR) is 103 cm³/mol. The van der Waals surface area contributed by atoms with Crippen molar-refractivity contribution in [2.75, 3.05) is 10.2 Å². The van der Waals surface area contributed by atoms with E-state index in [-0.39, 0.29) is 11.6 Å². The molecule has 1 heterocycles. The zero-order valence-corrected chi connectivity index (χ0v) is 15.1. The van der Waals surface area contributed by atoms with E-state index in [2.05, 4.69) is 5.32 Å². The Morgan fingerprint density at radius 3 is 2.25 bits per heavy atom. The topological polar surface area (TPSA) is 32.3 Å². The highest BCUT2D eigenvalue weighted by Crippen LogP contribution is 2.41. The minimum atomic E-state index is -4.52. The zero-order valence-electron chi connectivity index (χ0n) is 14.4. The fourth-order valence-electron chi connectivity index (χ4n) is 3.33. The maximum Gasteiger partial charge on any atom is 0.418 e. The van der Waals surface area contributed by atoms with Gasteiger partial charge in [-0.2, -0.15) is 13.2 Å². The molecule has 0 saturated heterocycles. The quantitative estimate of drug-likeness (QED) is 0.571. The monoisotopic (exact) mass is 402 g/mol. The van der Waals surface area contributed by atoms with E-state index in [0.29, 0.717) is 21.8 Å². The Hall–Kier alpha value is -2.99. The first-order chi connectivity index (χ1) is 13.4. The van der Waals surface area contributed by atoms with Crippen LogP contribution in [0.4, 0.5) is 24.5 Å². The molecule has 3 aromatic carbocycles. The van der Waals surface area contributed by atoms with Gasteiger partial charge in [-0.25, -0.2) is 0 Å². The Balaban J connectivity index is 1.81. The molecule has 3 aromatic rings. The summed E-state index contributed by atoms with van der Waals surface area (Å²) < 4.78 is 40.3. The number of para-hydroxylation sites is 1. The van der Waals surface area contributed by atoms with E-state index in [9.17, 15) is 18.0 Å². The van der Waals surface area contributed by atoms with Crippen LogP contribution in [0, 0.1) is 0 Å². The van der Waals surface area contributed by atoms with Gasteiger partial charge in [0.05, 0.1) is 5.56 Å².